The Kier molecular flexibility index (Phi) is 6.33. The summed E-state index contributed by atoms with van der Waals surface area (Å²) in [6, 6.07) is 6.52. The molecule has 0 saturated carbocycles. The van der Waals surface area contributed by atoms with Crippen molar-refractivity contribution in [3.8, 4) is 5.75 Å². The van der Waals surface area contributed by atoms with Crippen LogP contribution in [0, 0.1) is 0 Å². The quantitative estimate of drug-likeness (QED) is 0.845. The van der Waals surface area contributed by atoms with E-state index < -0.39 is 0 Å². The summed E-state index contributed by atoms with van der Waals surface area (Å²) in [5.74, 6) is 0.972. The fraction of sp³-hybridized carbons (Fsp3) is 0.625. The van der Waals surface area contributed by atoms with Crippen LogP contribution in [0.3, 0.4) is 0 Å². The average molecular weight is 342 g/mol. The third-order valence-electron chi connectivity index (χ3n) is 3.55. The van der Waals surface area contributed by atoms with Crippen molar-refractivity contribution in [3.63, 3.8) is 0 Å². The molecular weight excluding hydrogens is 318 g/mol. The van der Waals surface area contributed by atoms with Crippen LogP contribution in [0.4, 0.5) is 0 Å². The van der Waals surface area contributed by atoms with E-state index in [-0.39, 0.29) is 12.1 Å². The van der Waals surface area contributed by atoms with Crippen LogP contribution in [0.5, 0.6) is 5.75 Å². The zero-order chi connectivity index (χ0) is 14.4. The van der Waals surface area contributed by atoms with Gasteiger partial charge in [0, 0.05) is 22.7 Å². The van der Waals surface area contributed by atoms with Crippen LogP contribution in [0.1, 0.15) is 44.7 Å². The molecular formula is C16H24BrNO2. The van der Waals surface area contributed by atoms with Gasteiger partial charge in [0.25, 0.3) is 0 Å². The van der Waals surface area contributed by atoms with Crippen molar-refractivity contribution in [2.45, 2.75) is 45.3 Å². The van der Waals surface area contributed by atoms with Gasteiger partial charge in [-0.05, 0) is 50.9 Å². The van der Waals surface area contributed by atoms with Gasteiger partial charge < -0.3 is 14.8 Å². The largest absolute Gasteiger partial charge is 0.488 e. The van der Waals surface area contributed by atoms with Gasteiger partial charge in [0.1, 0.15) is 11.9 Å². The first-order chi connectivity index (χ1) is 9.70. The predicted molar refractivity (Wildman–Crippen MR) is 85.3 cm³/mol. The molecule has 2 rings (SSSR count). The van der Waals surface area contributed by atoms with Crippen molar-refractivity contribution < 1.29 is 9.47 Å². The molecule has 0 amide bonds. The van der Waals surface area contributed by atoms with E-state index in [9.17, 15) is 0 Å². The number of rotatable bonds is 6. The molecule has 1 aromatic rings. The van der Waals surface area contributed by atoms with Crippen molar-refractivity contribution in [2.75, 3.05) is 19.8 Å². The van der Waals surface area contributed by atoms with Crippen LogP contribution in [0.15, 0.2) is 22.7 Å². The van der Waals surface area contributed by atoms with Gasteiger partial charge in [-0.2, -0.15) is 0 Å². The van der Waals surface area contributed by atoms with Gasteiger partial charge in [-0.1, -0.05) is 22.9 Å². The summed E-state index contributed by atoms with van der Waals surface area (Å²) < 4.78 is 12.7. The minimum atomic E-state index is 0.182. The summed E-state index contributed by atoms with van der Waals surface area (Å²) in [6.45, 7) is 6.94. The lowest BCUT2D eigenvalue weighted by molar-refractivity contribution is 0.00686. The number of ether oxygens (including phenoxy) is 2. The van der Waals surface area contributed by atoms with Crippen LogP contribution < -0.4 is 10.1 Å². The number of halogens is 1. The molecule has 1 fully saturated rings. The van der Waals surface area contributed by atoms with E-state index in [1.165, 1.54) is 5.56 Å². The highest BCUT2D eigenvalue weighted by atomic mass is 79.9. The Hall–Kier alpha value is -0.580. The lowest BCUT2D eigenvalue weighted by atomic mass is 10.1. The maximum absolute atomic E-state index is 6.16. The molecule has 2 unspecified atom stereocenters. The van der Waals surface area contributed by atoms with Crippen LogP contribution in [0.25, 0.3) is 0 Å². The van der Waals surface area contributed by atoms with Gasteiger partial charge in [-0.15, -0.1) is 0 Å². The molecule has 1 N–H and O–H groups in total. The second-order valence-electron chi connectivity index (χ2n) is 5.31. The highest BCUT2D eigenvalue weighted by molar-refractivity contribution is 9.10. The van der Waals surface area contributed by atoms with E-state index in [1.807, 2.05) is 6.07 Å². The Labute approximate surface area is 130 Å². The fourth-order valence-corrected chi connectivity index (χ4v) is 2.80. The summed E-state index contributed by atoms with van der Waals surface area (Å²) in [6.07, 6.45) is 3.47. The monoisotopic (exact) mass is 341 g/mol. The molecule has 0 bridgehead atoms. The maximum Gasteiger partial charge on any atom is 0.124 e. The predicted octanol–water partition coefficient (Wildman–Crippen LogP) is 4.07. The standard InChI is InChI=1S/C16H24BrNO2/c1-3-8-18-12(2)15-10-13(17)6-7-16(15)20-14-5-4-9-19-11-14/h6-7,10,12,14,18H,3-5,8-9,11H2,1-2H3. The van der Waals surface area contributed by atoms with Crippen LogP contribution in [0.2, 0.25) is 0 Å². The summed E-state index contributed by atoms with van der Waals surface area (Å²) >= 11 is 3.55. The molecule has 1 aliphatic rings. The van der Waals surface area contributed by atoms with E-state index in [0.29, 0.717) is 6.61 Å². The third-order valence-corrected chi connectivity index (χ3v) is 4.04. The molecule has 0 radical (unpaired) electrons. The first kappa shape index (κ1) is 15.8. The highest BCUT2D eigenvalue weighted by Crippen LogP contribution is 2.30. The van der Waals surface area contributed by atoms with Gasteiger partial charge in [-0.3, -0.25) is 0 Å². The zero-order valence-corrected chi connectivity index (χ0v) is 13.9. The Morgan fingerprint density at radius 2 is 2.35 bits per heavy atom. The third kappa shape index (κ3) is 4.47. The minimum absolute atomic E-state index is 0.182. The normalized spacial score (nSPS) is 20.6. The molecule has 0 aromatic heterocycles. The van der Waals surface area contributed by atoms with Gasteiger partial charge in [0.2, 0.25) is 0 Å². The SMILES string of the molecule is CCCNC(C)c1cc(Br)ccc1OC1CCCOC1. The molecule has 112 valence electrons. The number of hydrogen-bond donors (Lipinski definition) is 1. The Morgan fingerprint density at radius 1 is 1.50 bits per heavy atom. The number of benzene rings is 1. The first-order valence-corrected chi connectivity index (χ1v) is 8.27. The Morgan fingerprint density at radius 3 is 3.05 bits per heavy atom. The van der Waals surface area contributed by atoms with Crippen molar-refractivity contribution in [1.82, 2.24) is 5.32 Å². The second kappa shape index (κ2) is 8.01. The van der Waals surface area contributed by atoms with E-state index in [4.69, 9.17) is 9.47 Å². The second-order valence-corrected chi connectivity index (χ2v) is 6.23. The van der Waals surface area contributed by atoms with Gasteiger partial charge in [-0.25, -0.2) is 0 Å². The molecule has 1 aromatic carbocycles. The number of hydrogen-bond acceptors (Lipinski definition) is 3. The lowest BCUT2D eigenvalue weighted by Crippen LogP contribution is -2.29. The number of nitrogens with one attached hydrogen (secondary N) is 1. The lowest BCUT2D eigenvalue weighted by Gasteiger charge is -2.26. The van der Waals surface area contributed by atoms with Crippen molar-refractivity contribution in [2.24, 2.45) is 0 Å². The highest BCUT2D eigenvalue weighted by Gasteiger charge is 2.19. The molecule has 4 heteroatoms. The topological polar surface area (TPSA) is 30.5 Å². The van der Waals surface area contributed by atoms with Crippen LogP contribution in [-0.2, 0) is 4.74 Å². The van der Waals surface area contributed by atoms with Crippen molar-refractivity contribution in [3.05, 3.63) is 28.2 Å². The fourth-order valence-electron chi connectivity index (χ4n) is 2.42. The molecule has 1 heterocycles. The summed E-state index contributed by atoms with van der Waals surface area (Å²) in [5.41, 5.74) is 1.21. The summed E-state index contributed by atoms with van der Waals surface area (Å²) in [5, 5.41) is 3.52. The first-order valence-electron chi connectivity index (χ1n) is 7.48. The van der Waals surface area contributed by atoms with Crippen molar-refractivity contribution >= 4 is 15.9 Å². The molecule has 0 spiro atoms. The summed E-state index contributed by atoms with van der Waals surface area (Å²) in [4.78, 5) is 0. The van der Waals surface area contributed by atoms with Crippen molar-refractivity contribution in [1.29, 1.82) is 0 Å². The molecule has 20 heavy (non-hydrogen) atoms. The minimum Gasteiger partial charge on any atom is -0.488 e. The molecule has 1 aliphatic heterocycles. The van der Waals surface area contributed by atoms with Crippen LogP contribution >= 0.6 is 15.9 Å². The maximum atomic E-state index is 6.16. The van der Waals surface area contributed by atoms with Crippen LogP contribution in [-0.4, -0.2) is 25.9 Å². The molecule has 3 nitrogen and oxygen atoms in total. The van der Waals surface area contributed by atoms with E-state index in [0.717, 1.165) is 42.6 Å². The van der Waals surface area contributed by atoms with E-state index in [2.05, 4.69) is 47.2 Å². The van der Waals surface area contributed by atoms with Gasteiger partial charge in [0.15, 0.2) is 0 Å². The van der Waals surface area contributed by atoms with E-state index >= 15 is 0 Å². The van der Waals surface area contributed by atoms with Gasteiger partial charge >= 0.3 is 0 Å². The summed E-state index contributed by atoms with van der Waals surface area (Å²) in [7, 11) is 0. The zero-order valence-electron chi connectivity index (χ0n) is 12.3. The average Bonchev–Trinajstić information content (AvgIpc) is 2.47. The Bertz CT molecular complexity index is 419. The molecule has 2 atom stereocenters. The Balaban J connectivity index is 2.09. The smallest absolute Gasteiger partial charge is 0.124 e. The van der Waals surface area contributed by atoms with Gasteiger partial charge in [0.05, 0.1) is 6.61 Å². The van der Waals surface area contributed by atoms with E-state index in [1.54, 1.807) is 0 Å². The molecule has 0 aliphatic carbocycles. The molecule has 1 saturated heterocycles.